The fourth-order valence-electron chi connectivity index (χ4n) is 6.68. The molecule has 4 saturated carbocycles. The van der Waals surface area contributed by atoms with Crippen LogP contribution >= 0.6 is 12.2 Å². The zero-order valence-electron chi connectivity index (χ0n) is 17.6. The molecule has 2 heterocycles. The Balaban J connectivity index is 1.17. The summed E-state index contributed by atoms with van der Waals surface area (Å²) in [6.07, 6.45) is 10.2. The highest BCUT2D eigenvalue weighted by Crippen LogP contribution is 2.58. The van der Waals surface area contributed by atoms with Crippen molar-refractivity contribution in [2.45, 2.75) is 51.0 Å². The molecule has 0 amide bonds. The third-order valence-corrected chi connectivity index (χ3v) is 7.74. The average molecular weight is 435 g/mol. The predicted molar refractivity (Wildman–Crippen MR) is 125 cm³/mol. The Bertz CT molecular complexity index is 1210. The Hall–Kier alpha value is -2.67. The van der Waals surface area contributed by atoms with Gasteiger partial charge in [-0.05, 0) is 93.1 Å². The van der Waals surface area contributed by atoms with E-state index < -0.39 is 0 Å². The molecule has 0 saturated heterocycles. The number of hydrogen-bond acceptors (Lipinski definition) is 4. The van der Waals surface area contributed by atoms with E-state index in [0.29, 0.717) is 10.7 Å². The highest BCUT2D eigenvalue weighted by Gasteiger charge is 2.52. The number of rotatable bonds is 3. The molecule has 4 bridgehead atoms. The molecule has 160 valence electrons. The fraction of sp³-hybridized carbons (Fsp3) is 0.458. The van der Waals surface area contributed by atoms with Crippen molar-refractivity contribution in [3.63, 3.8) is 0 Å². The molecule has 0 radical (unpaired) electrons. The molecular formula is C24H26N4O2S. The Morgan fingerprint density at radius 3 is 2.52 bits per heavy atom. The van der Waals surface area contributed by atoms with Crippen LogP contribution in [0.2, 0.25) is 0 Å². The summed E-state index contributed by atoms with van der Waals surface area (Å²) in [5.41, 5.74) is 2.06. The van der Waals surface area contributed by atoms with Gasteiger partial charge in [-0.3, -0.25) is 4.68 Å². The molecule has 0 atom stereocenters. The lowest BCUT2D eigenvalue weighted by Gasteiger charge is -2.56. The molecule has 4 fully saturated rings. The smallest absolute Gasteiger partial charge is 0.336 e. The van der Waals surface area contributed by atoms with E-state index in [1.807, 2.05) is 25.1 Å². The van der Waals surface area contributed by atoms with Crippen LogP contribution in [0.5, 0.6) is 0 Å². The van der Waals surface area contributed by atoms with Crippen LogP contribution in [0.1, 0.15) is 44.1 Å². The summed E-state index contributed by atoms with van der Waals surface area (Å²) in [5, 5.41) is 12.6. The Labute approximate surface area is 186 Å². The summed E-state index contributed by atoms with van der Waals surface area (Å²) in [5.74, 6) is 3.40. The average Bonchev–Trinajstić information content (AvgIpc) is 3.15. The van der Waals surface area contributed by atoms with Crippen LogP contribution in [0.4, 0.5) is 11.5 Å². The number of nitrogens with one attached hydrogen (secondary N) is 2. The number of anilines is 2. The first-order valence-corrected chi connectivity index (χ1v) is 11.6. The van der Waals surface area contributed by atoms with E-state index in [1.54, 1.807) is 6.07 Å². The third-order valence-electron chi connectivity index (χ3n) is 7.53. The number of aromatic nitrogens is 2. The minimum atomic E-state index is -0.349. The molecule has 7 rings (SSSR count). The van der Waals surface area contributed by atoms with Crippen LogP contribution in [0.3, 0.4) is 0 Å². The van der Waals surface area contributed by atoms with Gasteiger partial charge < -0.3 is 15.1 Å². The molecule has 1 aromatic carbocycles. The van der Waals surface area contributed by atoms with Crippen molar-refractivity contribution in [3.05, 3.63) is 52.5 Å². The van der Waals surface area contributed by atoms with Crippen LogP contribution < -0.4 is 16.3 Å². The second-order valence-corrected chi connectivity index (χ2v) is 10.2. The van der Waals surface area contributed by atoms with Crippen molar-refractivity contribution < 1.29 is 4.42 Å². The van der Waals surface area contributed by atoms with Crippen LogP contribution in [-0.2, 0) is 5.54 Å². The van der Waals surface area contributed by atoms with E-state index in [-0.39, 0.29) is 11.2 Å². The molecule has 7 heteroatoms. The number of benzene rings is 1. The maximum absolute atomic E-state index is 11.7. The monoisotopic (exact) mass is 434 g/mol. The van der Waals surface area contributed by atoms with Crippen molar-refractivity contribution in [1.82, 2.24) is 9.78 Å². The van der Waals surface area contributed by atoms with Gasteiger partial charge in [0.1, 0.15) is 5.58 Å². The molecule has 2 N–H and O–H groups in total. The van der Waals surface area contributed by atoms with Gasteiger partial charge in [0, 0.05) is 35.5 Å². The highest BCUT2D eigenvalue weighted by molar-refractivity contribution is 7.80. The van der Waals surface area contributed by atoms with Gasteiger partial charge in [-0.1, -0.05) is 0 Å². The largest absolute Gasteiger partial charge is 0.423 e. The van der Waals surface area contributed by atoms with E-state index in [9.17, 15) is 4.79 Å². The lowest BCUT2D eigenvalue weighted by molar-refractivity contribution is -0.0492. The molecule has 0 aliphatic heterocycles. The summed E-state index contributed by atoms with van der Waals surface area (Å²) in [7, 11) is 0. The minimum Gasteiger partial charge on any atom is -0.423 e. The first-order chi connectivity index (χ1) is 15.0. The molecule has 0 unspecified atom stereocenters. The van der Waals surface area contributed by atoms with Gasteiger partial charge in [0.15, 0.2) is 10.9 Å². The number of aryl methyl sites for hydroxylation is 1. The molecule has 31 heavy (non-hydrogen) atoms. The van der Waals surface area contributed by atoms with E-state index >= 15 is 0 Å². The summed E-state index contributed by atoms with van der Waals surface area (Å²) in [6, 6.07) is 9.17. The van der Waals surface area contributed by atoms with Crippen molar-refractivity contribution in [2.75, 3.05) is 10.6 Å². The van der Waals surface area contributed by atoms with Crippen LogP contribution in [0.25, 0.3) is 11.0 Å². The van der Waals surface area contributed by atoms with Gasteiger partial charge in [-0.25, -0.2) is 4.79 Å². The maximum atomic E-state index is 11.7. The third kappa shape index (κ3) is 3.35. The van der Waals surface area contributed by atoms with Crippen molar-refractivity contribution in [2.24, 2.45) is 17.8 Å². The Morgan fingerprint density at radius 2 is 1.81 bits per heavy atom. The lowest BCUT2D eigenvalue weighted by Crippen LogP contribution is -2.52. The van der Waals surface area contributed by atoms with Crippen LogP contribution in [0, 0.1) is 24.7 Å². The van der Waals surface area contributed by atoms with E-state index in [1.165, 1.54) is 44.6 Å². The van der Waals surface area contributed by atoms with Gasteiger partial charge in [0.05, 0.1) is 5.54 Å². The fourth-order valence-corrected chi connectivity index (χ4v) is 6.90. The van der Waals surface area contributed by atoms with Gasteiger partial charge in [0.25, 0.3) is 0 Å². The number of nitrogens with zero attached hydrogens (tertiary/aromatic N) is 2. The topological polar surface area (TPSA) is 72.1 Å². The first kappa shape index (κ1) is 19.0. The SMILES string of the molecule is Cc1cc(=O)oc2cc(NC(=S)Nc3ccn(C45CC6CC(CC(C6)C4)C5)n3)ccc12. The van der Waals surface area contributed by atoms with Crippen molar-refractivity contribution in [3.8, 4) is 0 Å². The van der Waals surface area contributed by atoms with E-state index in [4.69, 9.17) is 21.7 Å². The Morgan fingerprint density at radius 1 is 1.10 bits per heavy atom. The zero-order chi connectivity index (χ0) is 21.2. The lowest BCUT2D eigenvalue weighted by atomic mass is 9.53. The molecule has 0 spiro atoms. The zero-order valence-corrected chi connectivity index (χ0v) is 18.4. The van der Waals surface area contributed by atoms with Gasteiger partial charge >= 0.3 is 5.63 Å². The Kier molecular flexibility index (Phi) is 4.25. The summed E-state index contributed by atoms with van der Waals surface area (Å²) in [6.45, 7) is 1.90. The molecule has 2 aromatic heterocycles. The van der Waals surface area contributed by atoms with Crippen LogP contribution in [-0.4, -0.2) is 14.9 Å². The van der Waals surface area contributed by atoms with E-state index in [2.05, 4.69) is 21.5 Å². The van der Waals surface area contributed by atoms with Gasteiger partial charge in [-0.15, -0.1) is 0 Å². The maximum Gasteiger partial charge on any atom is 0.336 e. The predicted octanol–water partition coefficient (Wildman–Crippen LogP) is 5.03. The molecule has 4 aliphatic carbocycles. The minimum absolute atomic E-state index is 0.206. The molecule has 3 aromatic rings. The first-order valence-electron chi connectivity index (χ1n) is 11.1. The highest BCUT2D eigenvalue weighted by atomic mass is 32.1. The second kappa shape index (κ2) is 6.92. The van der Waals surface area contributed by atoms with E-state index in [0.717, 1.165) is 40.2 Å². The van der Waals surface area contributed by atoms with Gasteiger partial charge in [-0.2, -0.15) is 5.10 Å². The number of thiocarbonyl (C=S) groups is 1. The quantitative estimate of drug-likeness (QED) is 0.445. The standard InChI is InChI=1S/C24H26N4O2S/c1-14-6-22(29)30-20-10-18(2-3-19(14)20)25-23(31)26-21-4-5-28(27-21)24-11-15-7-16(12-24)9-17(8-15)13-24/h2-6,10,15-17H,7-9,11-13H2,1H3,(H2,25,26,27,31). The number of hydrogen-bond donors (Lipinski definition) is 2. The normalized spacial score (nSPS) is 28.7. The number of fused-ring (bicyclic) bond motifs is 1. The van der Waals surface area contributed by atoms with Crippen LogP contribution in [0.15, 0.2) is 45.7 Å². The summed E-state index contributed by atoms with van der Waals surface area (Å²) >= 11 is 5.51. The molecule has 4 aliphatic rings. The van der Waals surface area contributed by atoms with Crippen molar-refractivity contribution >= 4 is 39.8 Å². The summed E-state index contributed by atoms with van der Waals surface area (Å²) in [4.78, 5) is 11.7. The summed E-state index contributed by atoms with van der Waals surface area (Å²) < 4.78 is 7.55. The molecule has 6 nitrogen and oxygen atoms in total. The van der Waals surface area contributed by atoms with Gasteiger partial charge in [0.2, 0.25) is 0 Å². The second-order valence-electron chi connectivity index (χ2n) is 9.83. The van der Waals surface area contributed by atoms with Crippen molar-refractivity contribution in [1.29, 1.82) is 0 Å². The molecular weight excluding hydrogens is 408 g/mol.